The number of hydrogen-bond acceptors (Lipinski definition) is 4. The summed E-state index contributed by atoms with van der Waals surface area (Å²) >= 11 is 0. The molecule has 82 valence electrons. The van der Waals surface area contributed by atoms with Gasteiger partial charge >= 0.3 is 0 Å². The van der Waals surface area contributed by atoms with Gasteiger partial charge in [0.15, 0.2) is 0 Å². The van der Waals surface area contributed by atoms with E-state index in [0.29, 0.717) is 11.1 Å². The molecule has 0 amide bonds. The van der Waals surface area contributed by atoms with E-state index in [1.54, 1.807) is 6.92 Å². The van der Waals surface area contributed by atoms with Crippen LogP contribution < -0.4 is 0 Å². The Balaban J connectivity index is 3.14. The van der Waals surface area contributed by atoms with Crippen molar-refractivity contribution in [3.05, 3.63) is 39.4 Å². The van der Waals surface area contributed by atoms with Gasteiger partial charge in [0.1, 0.15) is 0 Å². The van der Waals surface area contributed by atoms with Crippen molar-refractivity contribution in [2.75, 3.05) is 0 Å². The molecule has 15 heavy (non-hydrogen) atoms. The third-order valence-electron chi connectivity index (χ3n) is 1.81. The van der Waals surface area contributed by atoms with Crippen molar-refractivity contribution in [2.45, 2.75) is 12.7 Å². The summed E-state index contributed by atoms with van der Waals surface area (Å²) in [4.78, 5) is 10.0. The van der Waals surface area contributed by atoms with Crippen LogP contribution in [0.3, 0.4) is 0 Å². The van der Waals surface area contributed by atoms with Crippen molar-refractivity contribution in [2.24, 2.45) is 0 Å². The van der Waals surface area contributed by atoms with Gasteiger partial charge in [-0.15, -0.1) is 0 Å². The number of rotatable bonds is 3. The number of benzene rings is 1. The topological polar surface area (TPSA) is 77.3 Å². The van der Waals surface area contributed by atoms with Crippen molar-refractivity contribution in [1.82, 2.24) is 0 Å². The molecule has 1 aromatic carbocycles. The molecule has 0 aliphatic heterocycles. The first-order chi connectivity index (χ1) is 6.79. The number of nitro groups is 1. The van der Waals surface area contributed by atoms with Crippen molar-refractivity contribution < 1.29 is 13.3 Å². The molecule has 0 aliphatic carbocycles. The Labute approximate surface area is 91.2 Å². The first-order valence-electron chi connectivity index (χ1n) is 3.96. The summed E-state index contributed by atoms with van der Waals surface area (Å²) in [5.74, 6) is -0.407. The number of halogens is 1. The molecule has 0 atom stereocenters. The van der Waals surface area contributed by atoms with Crippen LogP contribution >= 0.6 is 10.7 Å². The highest BCUT2D eigenvalue weighted by Crippen LogP contribution is 2.21. The van der Waals surface area contributed by atoms with E-state index in [2.05, 4.69) is 0 Å². The summed E-state index contributed by atoms with van der Waals surface area (Å²) in [5, 5.41) is 10.6. The van der Waals surface area contributed by atoms with E-state index in [1.807, 2.05) is 0 Å². The van der Waals surface area contributed by atoms with E-state index in [0.717, 1.165) is 0 Å². The molecule has 0 N–H and O–H groups in total. The van der Waals surface area contributed by atoms with Gasteiger partial charge in [-0.1, -0.05) is 12.1 Å². The van der Waals surface area contributed by atoms with Crippen molar-refractivity contribution in [3.8, 4) is 0 Å². The first-order valence-corrected chi connectivity index (χ1v) is 6.44. The highest BCUT2D eigenvalue weighted by atomic mass is 35.7. The molecule has 0 aliphatic rings. The van der Waals surface area contributed by atoms with Gasteiger partial charge in [0.25, 0.3) is 5.69 Å². The Hall–Kier alpha value is -1.14. The molecule has 0 heterocycles. The summed E-state index contributed by atoms with van der Waals surface area (Å²) in [6.07, 6.45) is 0. The van der Waals surface area contributed by atoms with Crippen LogP contribution in [0.2, 0.25) is 0 Å². The minimum Gasteiger partial charge on any atom is -0.258 e. The number of aryl methyl sites for hydroxylation is 1. The van der Waals surface area contributed by atoms with Gasteiger partial charge in [0.2, 0.25) is 9.05 Å². The summed E-state index contributed by atoms with van der Waals surface area (Å²) in [6.45, 7) is 1.58. The van der Waals surface area contributed by atoms with E-state index in [4.69, 9.17) is 10.7 Å². The van der Waals surface area contributed by atoms with Gasteiger partial charge < -0.3 is 0 Å². The van der Waals surface area contributed by atoms with Crippen LogP contribution in [0, 0.1) is 17.0 Å². The smallest absolute Gasteiger partial charge is 0.258 e. The normalized spacial score (nSPS) is 11.3. The maximum atomic E-state index is 10.8. The predicted octanol–water partition coefficient (Wildman–Crippen LogP) is 1.97. The monoisotopic (exact) mass is 249 g/mol. The van der Waals surface area contributed by atoms with Gasteiger partial charge in [-0.2, -0.15) is 0 Å². The Morgan fingerprint density at radius 2 is 2.07 bits per heavy atom. The van der Waals surface area contributed by atoms with Gasteiger partial charge in [-0.05, 0) is 12.5 Å². The minimum absolute atomic E-state index is 0.104. The highest BCUT2D eigenvalue weighted by molar-refractivity contribution is 8.13. The molecule has 0 saturated heterocycles. The molecule has 0 unspecified atom stereocenters. The zero-order chi connectivity index (χ0) is 11.6. The molecule has 7 heteroatoms. The molecule has 5 nitrogen and oxygen atoms in total. The zero-order valence-corrected chi connectivity index (χ0v) is 9.38. The van der Waals surface area contributed by atoms with E-state index < -0.39 is 19.7 Å². The molecular formula is C8H8ClNO4S. The summed E-state index contributed by atoms with van der Waals surface area (Å²) in [6, 6.07) is 4.22. The van der Waals surface area contributed by atoms with Crippen LogP contribution in [0.4, 0.5) is 5.69 Å². The number of nitro benzene ring substituents is 1. The Kier molecular flexibility index (Phi) is 3.31. The maximum Gasteiger partial charge on any atom is 0.272 e. The molecule has 0 spiro atoms. The third kappa shape index (κ3) is 3.49. The fourth-order valence-electron chi connectivity index (χ4n) is 1.14. The van der Waals surface area contributed by atoms with Crippen LogP contribution in [0.15, 0.2) is 18.2 Å². The molecule has 1 rings (SSSR count). The van der Waals surface area contributed by atoms with Crippen molar-refractivity contribution in [1.29, 1.82) is 0 Å². The zero-order valence-electron chi connectivity index (χ0n) is 7.81. The lowest BCUT2D eigenvalue weighted by Crippen LogP contribution is -1.98. The van der Waals surface area contributed by atoms with Gasteiger partial charge in [-0.3, -0.25) is 10.1 Å². The fraction of sp³-hybridized carbons (Fsp3) is 0.250. The first kappa shape index (κ1) is 11.9. The molecular weight excluding hydrogens is 242 g/mol. The molecule has 0 saturated carbocycles. The lowest BCUT2D eigenvalue weighted by molar-refractivity contribution is -0.385. The van der Waals surface area contributed by atoms with E-state index in [9.17, 15) is 18.5 Å². The van der Waals surface area contributed by atoms with Crippen LogP contribution in [-0.2, 0) is 14.8 Å². The molecule has 1 aromatic rings. The van der Waals surface area contributed by atoms with Gasteiger partial charge in [0.05, 0.1) is 10.7 Å². The van der Waals surface area contributed by atoms with Crippen LogP contribution in [0.25, 0.3) is 0 Å². The summed E-state index contributed by atoms with van der Waals surface area (Å²) in [5.41, 5.74) is 0.686. The average Bonchev–Trinajstić information content (AvgIpc) is 2.05. The van der Waals surface area contributed by atoms with E-state index >= 15 is 0 Å². The molecule has 0 bridgehead atoms. The standard InChI is InChI=1S/C8H8ClNO4S/c1-6-2-3-7(5-15(9,13)14)4-8(6)10(11)12/h2-4H,5H2,1H3. The second kappa shape index (κ2) is 4.16. The van der Waals surface area contributed by atoms with Crippen LogP contribution in [0.5, 0.6) is 0 Å². The summed E-state index contributed by atoms with van der Waals surface area (Å²) < 4.78 is 21.5. The predicted molar refractivity (Wildman–Crippen MR) is 56.3 cm³/mol. The lowest BCUT2D eigenvalue weighted by atomic mass is 10.1. The number of hydrogen-bond donors (Lipinski definition) is 0. The molecule has 0 fully saturated rings. The molecule has 0 aromatic heterocycles. The quantitative estimate of drug-likeness (QED) is 0.466. The van der Waals surface area contributed by atoms with E-state index in [-0.39, 0.29) is 5.69 Å². The van der Waals surface area contributed by atoms with Gasteiger partial charge in [0, 0.05) is 22.3 Å². The second-order valence-corrected chi connectivity index (χ2v) is 5.84. The second-order valence-electron chi connectivity index (χ2n) is 3.06. The van der Waals surface area contributed by atoms with Gasteiger partial charge in [-0.25, -0.2) is 8.42 Å². The Morgan fingerprint density at radius 3 is 2.53 bits per heavy atom. The Morgan fingerprint density at radius 1 is 1.47 bits per heavy atom. The SMILES string of the molecule is Cc1ccc(CS(=O)(=O)Cl)cc1[N+](=O)[O-]. The third-order valence-corrected chi connectivity index (χ3v) is 2.81. The largest absolute Gasteiger partial charge is 0.272 e. The summed E-state index contributed by atoms with van der Waals surface area (Å²) in [7, 11) is 1.36. The Bertz CT molecular complexity index is 497. The number of nitrogens with zero attached hydrogens (tertiary/aromatic N) is 1. The van der Waals surface area contributed by atoms with E-state index in [1.165, 1.54) is 18.2 Å². The van der Waals surface area contributed by atoms with Crippen LogP contribution in [-0.4, -0.2) is 13.3 Å². The van der Waals surface area contributed by atoms with Crippen molar-refractivity contribution in [3.63, 3.8) is 0 Å². The van der Waals surface area contributed by atoms with Crippen LogP contribution in [0.1, 0.15) is 11.1 Å². The molecule has 0 radical (unpaired) electrons. The minimum atomic E-state index is -3.68. The fourth-order valence-corrected chi connectivity index (χ4v) is 2.10. The van der Waals surface area contributed by atoms with Crippen molar-refractivity contribution >= 4 is 25.4 Å². The average molecular weight is 250 g/mol. The lowest BCUT2D eigenvalue weighted by Gasteiger charge is -2.00. The highest BCUT2D eigenvalue weighted by Gasteiger charge is 2.14. The maximum absolute atomic E-state index is 10.8.